The molecule has 4 rings (SSSR count). The molecule has 4 aromatic rings. The monoisotopic (exact) mass is 636 g/mol. The number of hydrogen-bond acceptors (Lipinski definition) is 14. The van der Waals surface area contributed by atoms with Gasteiger partial charge in [-0.2, -0.15) is 25.2 Å². The predicted molar refractivity (Wildman–Crippen MR) is 137 cm³/mol. The summed E-state index contributed by atoms with van der Waals surface area (Å²) in [5.41, 5.74) is 5.99. The molecule has 202 valence electrons. The average molecular weight is 637 g/mol. The molecule has 0 saturated heterocycles. The minimum absolute atomic E-state index is 0. The number of nitrogens with one attached hydrogen (secondary N) is 2. The van der Waals surface area contributed by atoms with E-state index in [2.05, 4.69) is 35.8 Å². The van der Waals surface area contributed by atoms with Crippen LogP contribution in [0.5, 0.6) is 0 Å². The smallest absolute Gasteiger partial charge is 0.744 e. The molecule has 0 unspecified atom stereocenters. The molecule has 0 aliphatic heterocycles. The van der Waals surface area contributed by atoms with E-state index in [0.717, 1.165) is 24.3 Å². The number of anilines is 4. The van der Waals surface area contributed by atoms with E-state index in [1.54, 1.807) is 0 Å². The van der Waals surface area contributed by atoms with Crippen LogP contribution in [-0.2, 0) is 25.0 Å². The Bertz CT molecular complexity index is 1870. The Hall–Kier alpha value is -2.29. The minimum Gasteiger partial charge on any atom is -0.744 e. The molecule has 1 heterocycles. The van der Waals surface area contributed by atoms with Crippen LogP contribution >= 0.6 is 11.6 Å². The first-order chi connectivity index (χ1) is 18.2. The van der Waals surface area contributed by atoms with Crippen molar-refractivity contribution in [2.24, 2.45) is 10.2 Å². The van der Waals surface area contributed by atoms with Crippen molar-refractivity contribution in [3.8, 4) is 0 Å². The summed E-state index contributed by atoms with van der Waals surface area (Å²) in [7, 11) is -10.1. The van der Waals surface area contributed by atoms with Crippen LogP contribution in [-0.4, -0.2) is 46.8 Å². The number of amides is 1. The Kier molecular flexibility index (Phi) is 11.7. The van der Waals surface area contributed by atoms with Gasteiger partial charge in [-0.1, -0.05) is 12.1 Å². The summed E-state index contributed by atoms with van der Waals surface area (Å²) in [6.07, 6.45) is 0. The SMILES string of the molecule is CC(=O)Nc1cc(N=Nc2cc(S(=O)(=O)[O-])c3cccc(S(=O)(=O)[O-])c3c2)ccc1Nc1nc(N)nc(Cl)n1.[Na+].[Na+]. The van der Waals surface area contributed by atoms with Gasteiger partial charge in [0.25, 0.3) is 0 Å². The Balaban J connectivity index is 0.00000294. The number of nitrogens with two attached hydrogens (primary N) is 1. The zero-order valence-electron chi connectivity index (χ0n) is 21.5. The van der Waals surface area contributed by atoms with Crippen LogP contribution in [0.1, 0.15) is 6.92 Å². The van der Waals surface area contributed by atoms with Gasteiger partial charge in [-0.3, -0.25) is 4.79 Å². The van der Waals surface area contributed by atoms with Gasteiger partial charge in [0.15, 0.2) is 0 Å². The van der Waals surface area contributed by atoms with Crippen molar-refractivity contribution in [1.29, 1.82) is 0 Å². The number of benzene rings is 3. The van der Waals surface area contributed by atoms with Crippen LogP contribution in [0.15, 0.2) is 68.6 Å². The molecule has 0 aliphatic rings. The fraction of sp³-hybridized carbons (Fsp3) is 0.0476. The second-order valence-corrected chi connectivity index (χ2v) is 10.8. The third kappa shape index (κ3) is 8.85. The molecule has 20 heteroatoms. The van der Waals surface area contributed by atoms with Gasteiger partial charge in [0, 0.05) is 17.7 Å². The third-order valence-corrected chi connectivity index (χ3v) is 6.85. The van der Waals surface area contributed by atoms with Crippen molar-refractivity contribution in [1.82, 2.24) is 15.0 Å². The zero-order chi connectivity index (χ0) is 28.5. The summed E-state index contributed by atoms with van der Waals surface area (Å²) >= 11 is 5.79. The van der Waals surface area contributed by atoms with Crippen LogP contribution in [0.3, 0.4) is 0 Å². The van der Waals surface area contributed by atoms with Gasteiger partial charge in [0.2, 0.25) is 23.1 Å². The normalized spacial score (nSPS) is 11.5. The van der Waals surface area contributed by atoms with Gasteiger partial charge in [-0.25, -0.2) is 16.8 Å². The van der Waals surface area contributed by atoms with E-state index in [1.807, 2.05) is 0 Å². The number of nitrogens with zero attached hydrogens (tertiary/aromatic N) is 5. The van der Waals surface area contributed by atoms with Crippen molar-refractivity contribution in [2.45, 2.75) is 16.7 Å². The van der Waals surface area contributed by atoms with Crippen molar-refractivity contribution < 1.29 is 89.9 Å². The second kappa shape index (κ2) is 13.8. The summed E-state index contributed by atoms with van der Waals surface area (Å²) in [6.45, 7) is 1.26. The number of azo groups is 1. The number of carbonyl (C=O) groups is 1. The number of halogens is 1. The molecule has 41 heavy (non-hydrogen) atoms. The summed E-state index contributed by atoms with van der Waals surface area (Å²) in [4.78, 5) is 21.7. The number of fused-ring (bicyclic) bond motifs is 1. The van der Waals surface area contributed by atoms with E-state index in [9.17, 15) is 30.7 Å². The van der Waals surface area contributed by atoms with Crippen molar-refractivity contribution >= 4 is 83.2 Å². The van der Waals surface area contributed by atoms with Crippen LogP contribution in [0.2, 0.25) is 5.28 Å². The van der Waals surface area contributed by atoms with Crippen LogP contribution in [0.4, 0.5) is 34.6 Å². The average Bonchev–Trinajstić information content (AvgIpc) is 2.81. The molecule has 0 saturated carbocycles. The standard InChI is InChI=1S/C21H17ClN8O7S2.2Na/c1-10(31)24-16-8-11(5-6-15(16)25-21-27-19(22)26-20(23)28-21)29-30-12-7-14-13(18(9-12)39(35,36)37)3-2-4-17(14)38(32,33)34;;/h2-9H,1H3,(H,24,31)(H,32,33,34)(H,35,36,37)(H3,23,25,26,27,28);;/q;2*+1/p-2. The number of carbonyl (C=O) groups excluding carboxylic acids is 1. The predicted octanol–water partition coefficient (Wildman–Crippen LogP) is -2.81. The molecule has 3 aromatic carbocycles. The third-order valence-electron chi connectivity index (χ3n) is 4.91. The van der Waals surface area contributed by atoms with Gasteiger partial charge in [0.1, 0.15) is 20.2 Å². The number of hydrogen-bond donors (Lipinski definition) is 3. The number of rotatable bonds is 7. The molecule has 0 radical (unpaired) electrons. The van der Waals surface area contributed by atoms with Gasteiger partial charge in [0.05, 0.1) is 32.5 Å². The van der Waals surface area contributed by atoms with Crippen LogP contribution in [0, 0.1) is 0 Å². The summed E-state index contributed by atoms with van der Waals surface area (Å²) in [5, 5.41) is 12.5. The first-order valence-electron chi connectivity index (χ1n) is 10.5. The van der Waals surface area contributed by atoms with E-state index >= 15 is 0 Å². The van der Waals surface area contributed by atoms with E-state index in [-0.39, 0.29) is 104 Å². The van der Waals surface area contributed by atoms with E-state index in [0.29, 0.717) is 5.69 Å². The van der Waals surface area contributed by atoms with Crippen LogP contribution in [0.25, 0.3) is 10.8 Å². The van der Waals surface area contributed by atoms with Crippen molar-refractivity contribution in [3.63, 3.8) is 0 Å². The molecule has 0 aliphatic carbocycles. The first-order valence-corrected chi connectivity index (χ1v) is 13.7. The first kappa shape index (κ1) is 34.9. The molecule has 4 N–H and O–H groups in total. The molecule has 0 spiro atoms. The molecular weight excluding hydrogens is 622 g/mol. The molecule has 0 fully saturated rings. The van der Waals surface area contributed by atoms with Gasteiger partial charge >= 0.3 is 59.1 Å². The second-order valence-electron chi connectivity index (χ2n) is 7.73. The van der Waals surface area contributed by atoms with E-state index < -0.39 is 35.9 Å². The van der Waals surface area contributed by atoms with Crippen molar-refractivity contribution in [3.05, 3.63) is 53.8 Å². The van der Waals surface area contributed by atoms with E-state index in [1.165, 1.54) is 31.2 Å². The Labute approximate surface area is 282 Å². The zero-order valence-corrected chi connectivity index (χ0v) is 27.9. The van der Waals surface area contributed by atoms with E-state index in [4.69, 9.17) is 17.3 Å². The summed E-state index contributed by atoms with van der Waals surface area (Å²) in [6, 6.07) is 9.63. The summed E-state index contributed by atoms with van der Waals surface area (Å²) in [5.74, 6) is -0.599. The topological polar surface area (TPSA) is 245 Å². The van der Waals surface area contributed by atoms with Gasteiger partial charge in [-0.05, 0) is 48.0 Å². The maximum atomic E-state index is 11.9. The quantitative estimate of drug-likeness (QED) is 0.106. The van der Waals surface area contributed by atoms with Gasteiger partial charge < -0.3 is 25.5 Å². The molecule has 1 aromatic heterocycles. The largest absolute Gasteiger partial charge is 1.00 e. The molecule has 0 bridgehead atoms. The fourth-order valence-corrected chi connectivity index (χ4v) is 5.01. The molecule has 1 amide bonds. The van der Waals surface area contributed by atoms with Crippen LogP contribution < -0.4 is 75.5 Å². The molecule has 0 atom stereocenters. The Morgan fingerprint density at radius 3 is 2.12 bits per heavy atom. The van der Waals surface area contributed by atoms with Gasteiger partial charge in [-0.15, -0.1) is 0 Å². The van der Waals surface area contributed by atoms with Crippen molar-refractivity contribution in [2.75, 3.05) is 16.4 Å². The Morgan fingerprint density at radius 2 is 1.51 bits per heavy atom. The summed E-state index contributed by atoms with van der Waals surface area (Å²) < 4.78 is 70.8. The number of aromatic nitrogens is 3. The fourth-order valence-electron chi connectivity index (χ4n) is 3.45. The minimum atomic E-state index is -5.10. The molecule has 15 nitrogen and oxygen atoms in total. The Morgan fingerprint density at radius 1 is 0.854 bits per heavy atom. The maximum Gasteiger partial charge on any atom is 1.00 e. The maximum absolute atomic E-state index is 11.9. The molecular formula is C21H15ClN8Na2O7S2. The number of nitrogen functional groups attached to an aromatic ring is 1.